The number of pyridine rings is 1. The minimum Gasteiger partial charge on any atom is -0.497 e. The third-order valence-corrected chi connectivity index (χ3v) is 3.34. The zero-order valence-corrected chi connectivity index (χ0v) is 14.3. The van der Waals surface area contributed by atoms with E-state index in [0.717, 1.165) is 5.69 Å². The fourth-order valence-electron chi connectivity index (χ4n) is 1.99. The van der Waals surface area contributed by atoms with E-state index in [1.807, 2.05) is 6.07 Å². The summed E-state index contributed by atoms with van der Waals surface area (Å²) < 4.78 is 5.22. The van der Waals surface area contributed by atoms with Gasteiger partial charge in [0.15, 0.2) is 5.82 Å². The molecule has 0 saturated carbocycles. The number of carboxylic acids is 1. The molecule has 2 N–H and O–H groups in total. The normalized spacial score (nSPS) is 11.2. The number of carbonyl (C=O) groups is 1. The second-order valence-electron chi connectivity index (χ2n) is 6.36. The standard InChI is InChI=1S/C17H22N4O3/c1-17(2,3)13-10-14(19-8-6-15(22)23)21-16(20-13)12-9-11(24-4)5-7-18-12/h5,7,9-10H,6,8H2,1-4H3,(H,22,23)(H,19,20,21). The van der Waals surface area contributed by atoms with Crippen LogP contribution in [0.5, 0.6) is 5.75 Å². The van der Waals surface area contributed by atoms with Crippen molar-refractivity contribution in [3.8, 4) is 17.3 Å². The third-order valence-electron chi connectivity index (χ3n) is 3.34. The van der Waals surface area contributed by atoms with Crippen molar-refractivity contribution >= 4 is 11.8 Å². The molecular weight excluding hydrogens is 308 g/mol. The second-order valence-corrected chi connectivity index (χ2v) is 6.36. The van der Waals surface area contributed by atoms with Crippen molar-refractivity contribution in [1.82, 2.24) is 15.0 Å². The number of aromatic nitrogens is 3. The Morgan fingerprint density at radius 1 is 1.29 bits per heavy atom. The van der Waals surface area contributed by atoms with Gasteiger partial charge in [-0.15, -0.1) is 0 Å². The number of ether oxygens (including phenoxy) is 1. The Kier molecular flexibility index (Phi) is 5.33. The Labute approximate surface area is 141 Å². The lowest BCUT2D eigenvalue weighted by atomic mass is 9.92. The van der Waals surface area contributed by atoms with E-state index in [9.17, 15) is 4.79 Å². The zero-order valence-electron chi connectivity index (χ0n) is 14.3. The molecule has 7 heteroatoms. The Morgan fingerprint density at radius 2 is 2.04 bits per heavy atom. The van der Waals surface area contributed by atoms with Gasteiger partial charge in [0.1, 0.15) is 17.3 Å². The maximum absolute atomic E-state index is 10.7. The van der Waals surface area contributed by atoms with Crippen LogP contribution < -0.4 is 10.1 Å². The molecule has 2 aromatic rings. The molecule has 0 spiro atoms. The maximum Gasteiger partial charge on any atom is 0.305 e. The second kappa shape index (κ2) is 7.25. The first-order chi connectivity index (χ1) is 11.3. The van der Waals surface area contributed by atoms with E-state index in [2.05, 4.69) is 41.0 Å². The molecule has 0 amide bonds. The molecule has 0 bridgehead atoms. The molecular formula is C17H22N4O3. The predicted octanol–water partition coefficient (Wildman–Crippen LogP) is 2.73. The van der Waals surface area contributed by atoms with Crippen LogP contribution in [0.4, 0.5) is 5.82 Å². The van der Waals surface area contributed by atoms with Gasteiger partial charge in [-0.2, -0.15) is 0 Å². The number of hydrogen-bond acceptors (Lipinski definition) is 6. The van der Waals surface area contributed by atoms with Crippen LogP contribution in [-0.2, 0) is 10.2 Å². The molecule has 7 nitrogen and oxygen atoms in total. The van der Waals surface area contributed by atoms with Crippen LogP contribution in [0, 0.1) is 0 Å². The third kappa shape index (κ3) is 4.65. The molecule has 0 saturated heterocycles. The molecule has 0 aliphatic carbocycles. The fraction of sp³-hybridized carbons (Fsp3) is 0.412. The minimum atomic E-state index is -0.859. The van der Waals surface area contributed by atoms with E-state index in [-0.39, 0.29) is 11.8 Å². The smallest absolute Gasteiger partial charge is 0.305 e. The fourth-order valence-corrected chi connectivity index (χ4v) is 1.99. The first kappa shape index (κ1) is 17.7. The quantitative estimate of drug-likeness (QED) is 0.840. The van der Waals surface area contributed by atoms with Crippen LogP contribution in [-0.4, -0.2) is 39.7 Å². The summed E-state index contributed by atoms with van der Waals surface area (Å²) in [6.45, 7) is 6.46. The largest absolute Gasteiger partial charge is 0.497 e. The van der Waals surface area contributed by atoms with E-state index in [4.69, 9.17) is 9.84 Å². The highest BCUT2D eigenvalue weighted by Crippen LogP contribution is 2.26. The van der Waals surface area contributed by atoms with Gasteiger partial charge in [0.2, 0.25) is 0 Å². The molecule has 0 unspecified atom stereocenters. The lowest BCUT2D eigenvalue weighted by Gasteiger charge is -2.19. The minimum absolute atomic E-state index is 0.0155. The van der Waals surface area contributed by atoms with Crippen LogP contribution in [0.15, 0.2) is 24.4 Å². The predicted molar refractivity (Wildman–Crippen MR) is 91.3 cm³/mol. The van der Waals surface area contributed by atoms with Crippen molar-refractivity contribution in [2.45, 2.75) is 32.6 Å². The lowest BCUT2D eigenvalue weighted by Crippen LogP contribution is -2.17. The Balaban J connectivity index is 2.40. The number of aliphatic carboxylic acids is 1. The van der Waals surface area contributed by atoms with Gasteiger partial charge < -0.3 is 15.2 Å². The van der Waals surface area contributed by atoms with Gasteiger partial charge in [0, 0.05) is 30.3 Å². The molecule has 0 aromatic carbocycles. The molecule has 128 valence electrons. The Morgan fingerprint density at radius 3 is 2.67 bits per heavy atom. The summed E-state index contributed by atoms with van der Waals surface area (Å²) >= 11 is 0. The summed E-state index contributed by atoms with van der Waals surface area (Å²) in [5, 5.41) is 11.8. The summed E-state index contributed by atoms with van der Waals surface area (Å²) in [6, 6.07) is 5.36. The van der Waals surface area contributed by atoms with E-state index in [0.29, 0.717) is 29.6 Å². The van der Waals surface area contributed by atoms with E-state index in [1.165, 1.54) is 0 Å². The number of hydrogen-bond donors (Lipinski definition) is 2. The molecule has 0 aliphatic heterocycles. The monoisotopic (exact) mass is 330 g/mol. The summed E-state index contributed by atoms with van der Waals surface area (Å²) in [4.78, 5) is 24.0. The van der Waals surface area contributed by atoms with Gasteiger partial charge in [-0.1, -0.05) is 20.8 Å². The number of rotatable bonds is 6. The van der Waals surface area contributed by atoms with E-state index in [1.54, 1.807) is 25.4 Å². The molecule has 0 radical (unpaired) electrons. The van der Waals surface area contributed by atoms with Crippen molar-refractivity contribution in [3.05, 3.63) is 30.1 Å². The van der Waals surface area contributed by atoms with Crippen LogP contribution in [0.25, 0.3) is 11.5 Å². The molecule has 2 heterocycles. The van der Waals surface area contributed by atoms with Crippen LogP contribution in [0.3, 0.4) is 0 Å². The molecule has 2 aromatic heterocycles. The number of carboxylic acid groups (broad SMARTS) is 1. The zero-order chi connectivity index (χ0) is 17.7. The van der Waals surface area contributed by atoms with E-state index >= 15 is 0 Å². The average molecular weight is 330 g/mol. The Bertz CT molecular complexity index is 726. The topological polar surface area (TPSA) is 97.2 Å². The molecule has 0 fully saturated rings. The molecule has 0 atom stereocenters. The highest BCUT2D eigenvalue weighted by Gasteiger charge is 2.19. The van der Waals surface area contributed by atoms with Crippen molar-refractivity contribution in [2.24, 2.45) is 0 Å². The van der Waals surface area contributed by atoms with Gasteiger partial charge in [-0.3, -0.25) is 9.78 Å². The molecule has 0 aliphatic rings. The van der Waals surface area contributed by atoms with Crippen LogP contribution in [0.1, 0.15) is 32.9 Å². The van der Waals surface area contributed by atoms with Gasteiger partial charge in [0.25, 0.3) is 0 Å². The van der Waals surface area contributed by atoms with Crippen LogP contribution in [0.2, 0.25) is 0 Å². The van der Waals surface area contributed by atoms with Crippen molar-refractivity contribution in [3.63, 3.8) is 0 Å². The van der Waals surface area contributed by atoms with Crippen molar-refractivity contribution < 1.29 is 14.6 Å². The molecule has 2 rings (SSSR count). The summed E-state index contributed by atoms with van der Waals surface area (Å²) in [6.07, 6.45) is 1.65. The number of anilines is 1. The van der Waals surface area contributed by atoms with Gasteiger partial charge >= 0.3 is 5.97 Å². The number of methoxy groups -OCH3 is 1. The SMILES string of the molecule is COc1ccnc(-c2nc(NCCC(=O)O)cc(C(C)(C)C)n2)c1. The summed E-state index contributed by atoms with van der Waals surface area (Å²) in [7, 11) is 1.59. The van der Waals surface area contributed by atoms with Gasteiger partial charge in [-0.05, 0) is 6.07 Å². The average Bonchev–Trinajstić information content (AvgIpc) is 2.53. The van der Waals surface area contributed by atoms with Gasteiger partial charge in [-0.25, -0.2) is 9.97 Å². The number of nitrogens with one attached hydrogen (secondary N) is 1. The van der Waals surface area contributed by atoms with Gasteiger partial charge in [0.05, 0.1) is 19.2 Å². The highest BCUT2D eigenvalue weighted by molar-refractivity contribution is 5.67. The number of nitrogens with zero attached hydrogens (tertiary/aromatic N) is 3. The Hall–Kier alpha value is -2.70. The first-order valence-electron chi connectivity index (χ1n) is 7.65. The van der Waals surface area contributed by atoms with Crippen molar-refractivity contribution in [1.29, 1.82) is 0 Å². The molecule has 24 heavy (non-hydrogen) atoms. The summed E-state index contributed by atoms with van der Waals surface area (Å²) in [5.74, 6) is 0.863. The lowest BCUT2D eigenvalue weighted by molar-refractivity contribution is -0.136. The summed E-state index contributed by atoms with van der Waals surface area (Å²) in [5.41, 5.74) is 1.26. The highest BCUT2D eigenvalue weighted by atomic mass is 16.5. The van der Waals surface area contributed by atoms with Crippen LogP contribution >= 0.6 is 0 Å². The first-order valence-corrected chi connectivity index (χ1v) is 7.65. The maximum atomic E-state index is 10.7. The van der Waals surface area contributed by atoms with E-state index < -0.39 is 5.97 Å². The van der Waals surface area contributed by atoms with Crippen molar-refractivity contribution in [2.75, 3.05) is 19.0 Å².